The van der Waals surface area contributed by atoms with Gasteiger partial charge in [0.1, 0.15) is 0 Å². The lowest BCUT2D eigenvalue weighted by molar-refractivity contribution is -0.134. The van der Waals surface area contributed by atoms with Gasteiger partial charge in [0.2, 0.25) is 5.91 Å². The molecule has 0 saturated heterocycles. The highest BCUT2D eigenvalue weighted by Gasteiger charge is 2.14. The first-order valence-electron chi connectivity index (χ1n) is 8.39. The van der Waals surface area contributed by atoms with E-state index in [1.807, 2.05) is 20.9 Å². The van der Waals surface area contributed by atoms with Crippen LogP contribution < -0.4 is 5.73 Å². The Kier molecular flexibility index (Phi) is 15.6. The number of ether oxygens (including phenoxy) is 4. The number of hydrogen-bond donors (Lipinski definition) is 1. The molecule has 140 valence electrons. The van der Waals surface area contributed by atoms with Crippen molar-refractivity contribution >= 4 is 5.91 Å². The van der Waals surface area contributed by atoms with E-state index in [1.54, 1.807) is 4.90 Å². The average molecular weight is 336 g/mol. The summed E-state index contributed by atoms with van der Waals surface area (Å²) in [4.78, 5) is 13.6. The topological polar surface area (TPSA) is 83.2 Å². The molecular weight excluding hydrogens is 300 g/mol. The number of carbonyl (C=O) groups excluding carboxylic acids is 1. The van der Waals surface area contributed by atoms with Crippen molar-refractivity contribution in [1.29, 1.82) is 0 Å². The molecule has 0 rings (SSSR count). The van der Waals surface area contributed by atoms with Crippen molar-refractivity contribution in [2.45, 2.75) is 20.3 Å². The van der Waals surface area contributed by atoms with Crippen LogP contribution in [-0.2, 0) is 23.7 Å². The largest absolute Gasteiger partial charge is 0.378 e. The highest BCUT2D eigenvalue weighted by atomic mass is 16.6. The second kappa shape index (κ2) is 16.1. The maximum atomic E-state index is 11.8. The van der Waals surface area contributed by atoms with E-state index in [9.17, 15) is 4.79 Å². The Labute approximate surface area is 141 Å². The van der Waals surface area contributed by atoms with Gasteiger partial charge in [0.05, 0.1) is 52.9 Å². The quantitative estimate of drug-likeness (QED) is 0.419. The molecule has 0 aromatic rings. The second-order valence-electron chi connectivity index (χ2n) is 5.31. The Hall–Kier alpha value is -0.730. The van der Waals surface area contributed by atoms with E-state index in [4.69, 9.17) is 24.7 Å². The Balaban J connectivity index is 0. The minimum atomic E-state index is 0. The second-order valence-corrected chi connectivity index (χ2v) is 5.31. The molecule has 0 radical (unpaired) electrons. The van der Waals surface area contributed by atoms with Crippen LogP contribution in [0.4, 0.5) is 0 Å². The highest BCUT2D eigenvalue weighted by Crippen LogP contribution is 2.04. The smallest absolute Gasteiger partial charge is 0.225 e. The number of nitrogens with zero attached hydrogens (tertiary/aromatic N) is 1. The summed E-state index contributed by atoms with van der Waals surface area (Å²) in [5.41, 5.74) is 5.29. The zero-order valence-electron chi connectivity index (χ0n) is 14.9. The predicted molar refractivity (Wildman–Crippen MR) is 91.5 cm³/mol. The molecule has 0 heterocycles. The molecule has 1 amide bonds. The molecule has 0 aliphatic rings. The summed E-state index contributed by atoms with van der Waals surface area (Å²) >= 11 is 0. The van der Waals surface area contributed by atoms with Crippen LogP contribution >= 0.6 is 0 Å². The van der Waals surface area contributed by atoms with Gasteiger partial charge in [-0.1, -0.05) is 13.8 Å². The minimum absolute atomic E-state index is 0. The number of likely N-dealkylation sites (N-methyl/N-ethyl adjacent to an activating group) is 1. The van der Waals surface area contributed by atoms with Crippen LogP contribution in [0.2, 0.25) is 0 Å². The molecule has 0 bridgehead atoms. The maximum Gasteiger partial charge on any atom is 0.225 e. The van der Waals surface area contributed by atoms with Gasteiger partial charge in [-0.05, 0) is 6.42 Å². The molecule has 7 heteroatoms. The number of nitrogens with two attached hydrogens (primary N) is 1. The standard InChI is InChI=1S/C16H34N2O5.H2/c1-4-15(2)16(19)18(3)6-8-21-10-12-23-14-13-22-11-9-20-7-5-17;/h15H,4-14,17H2,1-3H3;1H. The zero-order valence-corrected chi connectivity index (χ0v) is 14.9. The lowest BCUT2D eigenvalue weighted by Gasteiger charge is -2.20. The van der Waals surface area contributed by atoms with E-state index in [2.05, 4.69) is 0 Å². The molecule has 0 spiro atoms. The van der Waals surface area contributed by atoms with Gasteiger partial charge in [0.25, 0.3) is 0 Å². The van der Waals surface area contributed by atoms with E-state index in [1.165, 1.54) is 0 Å². The van der Waals surface area contributed by atoms with Gasteiger partial charge in [0.15, 0.2) is 0 Å². The molecule has 0 aliphatic heterocycles. The van der Waals surface area contributed by atoms with Gasteiger partial charge in [-0.25, -0.2) is 0 Å². The van der Waals surface area contributed by atoms with Gasteiger partial charge >= 0.3 is 0 Å². The fourth-order valence-electron chi connectivity index (χ4n) is 1.71. The van der Waals surface area contributed by atoms with Crippen molar-refractivity contribution in [2.75, 3.05) is 73.0 Å². The summed E-state index contributed by atoms with van der Waals surface area (Å²) in [6.45, 7) is 9.42. The summed E-state index contributed by atoms with van der Waals surface area (Å²) in [6, 6.07) is 0. The first-order chi connectivity index (χ1) is 11.1. The predicted octanol–water partition coefficient (Wildman–Crippen LogP) is 0.762. The van der Waals surface area contributed by atoms with Crippen LogP contribution in [0.3, 0.4) is 0 Å². The van der Waals surface area contributed by atoms with E-state index < -0.39 is 0 Å². The molecular formula is C16H36N2O5. The maximum absolute atomic E-state index is 11.8. The lowest BCUT2D eigenvalue weighted by atomic mass is 10.1. The van der Waals surface area contributed by atoms with E-state index in [0.29, 0.717) is 65.9 Å². The van der Waals surface area contributed by atoms with Gasteiger partial charge in [-0.2, -0.15) is 0 Å². The SMILES string of the molecule is CCC(C)C(=O)N(C)CCOCCOCCOCCOCCN.[HH]. The Morgan fingerprint density at radius 3 is 1.83 bits per heavy atom. The lowest BCUT2D eigenvalue weighted by Crippen LogP contribution is -2.34. The molecule has 0 aromatic heterocycles. The van der Waals surface area contributed by atoms with E-state index >= 15 is 0 Å². The first kappa shape index (κ1) is 22.3. The summed E-state index contributed by atoms with van der Waals surface area (Å²) in [6.07, 6.45) is 0.860. The van der Waals surface area contributed by atoms with Crippen LogP contribution in [0.1, 0.15) is 21.7 Å². The van der Waals surface area contributed by atoms with Crippen LogP contribution in [0.5, 0.6) is 0 Å². The number of carbonyl (C=O) groups is 1. The summed E-state index contributed by atoms with van der Waals surface area (Å²) in [5.74, 6) is 0.240. The van der Waals surface area contributed by atoms with Gasteiger partial charge < -0.3 is 29.6 Å². The number of amides is 1. The summed E-state index contributed by atoms with van der Waals surface area (Å²) in [5, 5.41) is 0. The summed E-state index contributed by atoms with van der Waals surface area (Å²) in [7, 11) is 1.81. The molecule has 1 atom stereocenters. The summed E-state index contributed by atoms with van der Waals surface area (Å²) < 4.78 is 21.3. The van der Waals surface area contributed by atoms with Crippen molar-refractivity contribution in [1.82, 2.24) is 4.90 Å². The molecule has 0 saturated carbocycles. The molecule has 0 fully saturated rings. The number of hydrogen-bond acceptors (Lipinski definition) is 6. The van der Waals surface area contributed by atoms with Crippen LogP contribution in [0.25, 0.3) is 0 Å². The average Bonchev–Trinajstić information content (AvgIpc) is 2.57. The fourth-order valence-corrected chi connectivity index (χ4v) is 1.71. The zero-order chi connectivity index (χ0) is 17.3. The van der Waals surface area contributed by atoms with Gasteiger partial charge in [0, 0.05) is 27.5 Å². The number of rotatable bonds is 16. The van der Waals surface area contributed by atoms with Crippen molar-refractivity contribution in [3.05, 3.63) is 0 Å². The third-order valence-electron chi connectivity index (χ3n) is 3.36. The Morgan fingerprint density at radius 1 is 0.957 bits per heavy atom. The minimum Gasteiger partial charge on any atom is -0.378 e. The third-order valence-corrected chi connectivity index (χ3v) is 3.36. The Bertz CT molecular complexity index is 285. The van der Waals surface area contributed by atoms with Crippen LogP contribution in [0.15, 0.2) is 0 Å². The molecule has 0 aliphatic carbocycles. The third kappa shape index (κ3) is 13.4. The molecule has 0 aromatic carbocycles. The van der Waals surface area contributed by atoms with Gasteiger partial charge in [-0.3, -0.25) is 4.79 Å². The first-order valence-corrected chi connectivity index (χ1v) is 8.39. The van der Waals surface area contributed by atoms with Crippen molar-refractivity contribution in [2.24, 2.45) is 11.7 Å². The van der Waals surface area contributed by atoms with Gasteiger partial charge in [-0.15, -0.1) is 0 Å². The normalized spacial score (nSPS) is 12.3. The molecule has 7 nitrogen and oxygen atoms in total. The highest BCUT2D eigenvalue weighted by molar-refractivity contribution is 5.78. The van der Waals surface area contributed by atoms with Crippen molar-refractivity contribution in [3.8, 4) is 0 Å². The van der Waals surface area contributed by atoms with E-state index in [0.717, 1.165) is 6.42 Å². The van der Waals surface area contributed by atoms with Crippen molar-refractivity contribution in [3.63, 3.8) is 0 Å². The van der Waals surface area contributed by atoms with Crippen molar-refractivity contribution < 1.29 is 25.2 Å². The fraction of sp³-hybridized carbons (Fsp3) is 0.938. The molecule has 2 N–H and O–H groups in total. The Morgan fingerprint density at radius 2 is 1.39 bits per heavy atom. The van der Waals surface area contributed by atoms with Crippen LogP contribution in [-0.4, -0.2) is 83.8 Å². The van der Waals surface area contributed by atoms with Crippen LogP contribution in [0, 0.1) is 5.92 Å². The molecule has 1 unspecified atom stereocenters. The monoisotopic (exact) mass is 336 g/mol. The van der Waals surface area contributed by atoms with E-state index in [-0.39, 0.29) is 13.3 Å². The molecule has 23 heavy (non-hydrogen) atoms.